The molecule has 0 radical (unpaired) electrons. The highest BCUT2D eigenvalue weighted by Crippen LogP contribution is 2.50. The Balaban J connectivity index is 2.00. The van der Waals surface area contributed by atoms with E-state index in [0.717, 1.165) is 16.9 Å². The van der Waals surface area contributed by atoms with Gasteiger partial charge in [0.05, 0.1) is 16.7 Å². The third-order valence-electron chi connectivity index (χ3n) is 7.37. The molecule has 1 aromatic carbocycles. The van der Waals surface area contributed by atoms with Gasteiger partial charge in [0.1, 0.15) is 5.65 Å². The van der Waals surface area contributed by atoms with Crippen molar-refractivity contribution < 1.29 is 0 Å². The number of benzene rings is 1. The van der Waals surface area contributed by atoms with Gasteiger partial charge in [-0.15, -0.1) is 0 Å². The van der Waals surface area contributed by atoms with Gasteiger partial charge in [-0.3, -0.25) is 9.38 Å². The Morgan fingerprint density at radius 1 is 0.812 bits per heavy atom. The van der Waals surface area contributed by atoms with Crippen LogP contribution in [-0.4, -0.2) is 14.4 Å². The van der Waals surface area contributed by atoms with Crippen LogP contribution in [0.15, 0.2) is 30.5 Å². The molecule has 168 valence electrons. The Labute approximate surface area is 192 Å². The largest absolute Gasteiger partial charge is 0.296 e. The summed E-state index contributed by atoms with van der Waals surface area (Å²) in [5.41, 5.74) is 9.00. The topological polar surface area (TPSA) is 30.2 Å². The van der Waals surface area contributed by atoms with Gasteiger partial charge in [-0.1, -0.05) is 69.2 Å². The maximum absolute atomic E-state index is 5.27. The molecule has 0 fully saturated rings. The average molecular weight is 428 g/mol. The van der Waals surface area contributed by atoms with Crippen LogP contribution in [-0.2, 0) is 21.7 Å². The second-order valence-electron chi connectivity index (χ2n) is 13.3. The Morgan fingerprint density at radius 3 is 2.03 bits per heavy atom. The fourth-order valence-electron chi connectivity index (χ4n) is 6.13. The SMILES string of the molecule is CC(C)(C)c1nccc2c1cc(C(C)(C)C)n1c3cc4c(cc3nc21)C(C)(C)CC4(C)C. The second-order valence-corrected chi connectivity index (χ2v) is 13.3. The Hall–Kier alpha value is -2.42. The van der Waals surface area contributed by atoms with Crippen LogP contribution in [0.5, 0.6) is 0 Å². The van der Waals surface area contributed by atoms with E-state index >= 15 is 0 Å². The molecular weight excluding hydrogens is 390 g/mol. The molecule has 0 aliphatic heterocycles. The Morgan fingerprint density at radius 2 is 1.44 bits per heavy atom. The van der Waals surface area contributed by atoms with E-state index in [9.17, 15) is 0 Å². The van der Waals surface area contributed by atoms with Crippen LogP contribution in [0, 0.1) is 0 Å². The van der Waals surface area contributed by atoms with E-state index in [1.165, 1.54) is 39.5 Å². The van der Waals surface area contributed by atoms with Gasteiger partial charge in [-0.2, -0.15) is 0 Å². The van der Waals surface area contributed by atoms with Crippen molar-refractivity contribution in [1.29, 1.82) is 0 Å². The minimum Gasteiger partial charge on any atom is -0.296 e. The summed E-state index contributed by atoms with van der Waals surface area (Å²) in [5.74, 6) is 0. The van der Waals surface area contributed by atoms with E-state index in [-0.39, 0.29) is 21.7 Å². The van der Waals surface area contributed by atoms with Gasteiger partial charge in [0.2, 0.25) is 0 Å². The molecule has 3 heterocycles. The molecule has 32 heavy (non-hydrogen) atoms. The van der Waals surface area contributed by atoms with Crippen LogP contribution in [0.1, 0.15) is 98.2 Å². The molecule has 1 aliphatic rings. The van der Waals surface area contributed by atoms with E-state index in [1.807, 2.05) is 6.20 Å². The lowest BCUT2D eigenvalue weighted by Gasteiger charge is -2.25. The zero-order chi connectivity index (χ0) is 23.4. The lowest BCUT2D eigenvalue weighted by Crippen LogP contribution is -2.19. The van der Waals surface area contributed by atoms with Crippen LogP contribution in [0.25, 0.3) is 27.5 Å². The molecule has 0 saturated heterocycles. The van der Waals surface area contributed by atoms with Gasteiger partial charge in [-0.25, -0.2) is 4.98 Å². The number of aromatic nitrogens is 3. The van der Waals surface area contributed by atoms with Crippen molar-refractivity contribution in [2.45, 2.75) is 97.3 Å². The molecule has 0 spiro atoms. The molecule has 3 heteroatoms. The molecule has 1 aliphatic carbocycles. The summed E-state index contributed by atoms with van der Waals surface area (Å²) in [6.45, 7) is 23.1. The summed E-state index contributed by atoms with van der Waals surface area (Å²) >= 11 is 0. The van der Waals surface area contributed by atoms with Crippen LogP contribution in [0.2, 0.25) is 0 Å². The molecule has 5 rings (SSSR count). The van der Waals surface area contributed by atoms with Crippen molar-refractivity contribution in [3.63, 3.8) is 0 Å². The Bertz CT molecular complexity index is 1400. The number of pyridine rings is 2. The summed E-state index contributed by atoms with van der Waals surface area (Å²) in [7, 11) is 0. The summed E-state index contributed by atoms with van der Waals surface area (Å²) in [6.07, 6.45) is 3.12. The molecule has 0 saturated carbocycles. The highest BCUT2D eigenvalue weighted by molar-refractivity contribution is 6.00. The van der Waals surface area contributed by atoms with E-state index in [4.69, 9.17) is 9.97 Å². The number of nitrogens with zero attached hydrogens (tertiary/aromatic N) is 3. The van der Waals surface area contributed by atoms with Gasteiger partial charge in [0.15, 0.2) is 0 Å². The quantitative estimate of drug-likeness (QED) is 0.289. The normalized spacial score (nSPS) is 18.1. The van der Waals surface area contributed by atoms with Gasteiger partial charge in [-0.05, 0) is 52.6 Å². The van der Waals surface area contributed by atoms with E-state index in [2.05, 4.69) is 97.9 Å². The van der Waals surface area contributed by atoms with Gasteiger partial charge in [0.25, 0.3) is 0 Å². The molecule has 3 aromatic heterocycles. The summed E-state index contributed by atoms with van der Waals surface area (Å²) in [6, 6.07) is 9.32. The predicted octanol–water partition coefficient (Wildman–Crippen LogP) is 7.59. The van der Waals surface area contributed by atoms with Gasteiger partial charge < -0.3 is 0 Å². The van der Waals surface area contributed by atoms with Crippen molar-refractivity contribution in [2.24, 2.45) is 0 Å². The van der Waals surface area contributed by atoms with Crippen LogP contribution >= 0.6 is 0 Å². The maximum Gasteiger partial charge on any atom is 0.146 e. The Kier molecular flexibility index (Phi) is 4.10. The van der Waals surface area contributed by atoms with Crippen molar-refractivity contribution in [3.8, 4) is 0 Å². The fraction of sp³-hybridized carbons (Fsp3) is 0.517. The van der Waals surface area contributed by atoms with Crippen LogP contribution in [0.3, 0.4) is 0 Å². The fourth-order valence-corrected chi connectivity index (χ4v) is 6.13. The standard InChI is InChI=1S/C29H37N3/c1-26(2,3)23-13-18-17(11-12-30-24(18)27(4,5)6)25-31-21-14-19-20(15-22(21)32(23)25)29(9,10)16-28(19,7)8/h11-15H,16H2,1-10H3. The molecular formula is C29H37N3. The zero-order valence-electron chi connectivity index (χ0n) is 21.4. The smallest absolute Gasteiger partial charge is 0.146 e. The monoisotopic (exact) mass is 427 g/mol. The second kappa shape index (κ2) is 6.12. The maximum atomic E-state index is 5.27. The summed E-state index contributed by atoms with van der Waals surface area (Å²) in [5, 5.41) is 2.41. The first-order valence-corrected chi connectivity index (χ1v) is 11.9. The first-order chi connectivity index (χ1) is 14.6. The number of imidazole rings is 1. The van der Waals surface area contributed by atoms with Gasteiger partial charge >= 0.3 is 0 Å². The number of rotatable bonds is 0. The number of hydrogen-bond donors (Lipinski definition) is 0. The minimum absolute atomic E-state index is 0.0289. The number of hydrogen-bond acceptors (Lipinski definition) is 2. The molecule has 0 bridgehead atoms. The van der Waals surface area contributed by atoms with Crippen molar-refractivity contribution in [2.75, 3.05) is 0 Å². The minimum atomic E-state index is -0.0335. The predicted molar refractivity (Wildman–Crippen MR) is 136 cm³/mol. The van der Waals surface area contributed by atoms with Crippen LogP contribution in [0.4, 0.5) is 0 Å². The molecule has 3 nitrogen and oxygen atoms in total. The van der Waals surface area contributed by atoms with E-state index in [1.54, 1.807) is 0 Å². The highest BCUT2D eigenvalue weighted by Gasteiger charge is 2.42. The number of fused-ring (bicyclic) bond motifs is 6. The lowest BCUT2D eigenvalue weighted by atomic mass is 9.82. The average Bonchev–Trinajstić information content (AvgIpc) is 3.10. The first-order valence-electron chi connectivity index (χ1n) is 11.9. The lowest BCUT2D eigenvalue weighted by molar-refractivity contribution is 0.403. The molecule has 0 amide bonds. The van der Waals surface area contributed by atoms with E-state index < -0.39 is 0 Å². The molecule has 0 N–H and O–H groups in total. The molecule has 0 unspecified atom stereocenters. The third kappa shape index (κ3) is 2.93. The first kappa shape index (κ1) is 21.4. The van der Waals surface area contributed by atoms with Crippen molar-refractivity contribution in [3.05, 3.63) is 53.0 Å². The highest BCUT2D eigenvalue weighted by atomic mass is 15.0. The molecule has 0 atom stereocenters. The van der Waals surface area contributed by atoms with Crippen molar-refractivity contribution in [1.82, 2.24) is 14.4 Å². The van der Waals surface area contributed by atoms with E-state index in [0.29, 0.717) is 0 Å². The van der Waals surface area contributed by atoms with Gasteiger partial charge in [0, 0.05) is 33.5 Å². The van der Waals surface area contributed by atoms with Crippen molar-refractivity contribution >= 4 is 27.5 Å². The molecule has 4 aromatic rings. The third-order valence-corrected chi connectivity index (χ3v) is 7.37. The van der Waals surface area contributed by atoms with Crippen LogP contribution < -0.4 is 0 Å². The summed E-state index contributed by atoms with van der Waals surface area (Å²) in [4.78, 5) is 10.1. The summed E-state index contributed by atoms with van der Waals surface area (Å²) < 4.78 is 2.42. The zero-order valence-corrected chi connectivity index (χ0v) is 21.4.